The van der Waals surface area contributed by atoms with Crippen LogP contribution in [0.1, 0.15) is 22.0 Å². The summed E-state index contributed by atoms with van der Waals surface area (Å²) < 4.78 is 5.32. The van der Waals surface area contributed by atoms with Crippen LogP contribution in [0.2, 0.25) is 0 Å². The molecule has 0 aliphatic rings. The Kier molecular flexibility index (Phi) is 3.18. The number of hydrogen-bond donors (Lipinski definition) is 3. The summed E-state index contributed by atoms with van der Waals surface area (Å²) in [4.78, 5) is 15.0. The lowest BCUT2D eigenvalue weighted by Crippen LogP contribution is -2.12. The zero-order valence-electron chi connectivity index (χ0n) is 9.93. The molecule has 1 aromatic heterocycles. The maximum Gasteiger partial charge on any atom is 0.248 e. The summed E-state index contributed by atoms with van der Waals surface area (Å²) in [7, 11) is 0. The van der Waals surface area contributed by atoms with E-state index in [9.17, 15) is 4.79 Å². The van der Waals surface area contributed by atoms with Gasteiger partial charge in [-0.25, -0.2) is 4.98 Å². The van der Waals surface area contributed by atoms with Crippen molar-refractivity contribution in [3.8, 4) is 0 Å². The second-order valence-corrected chi connectivity index (χ2v) is 3.88. The second-order valence-electron chi connectivity index (χ2n) is 3.88. The number of nitrogens with two attached hydrogens (primary N) is 2. The van der Waals surface area contributed by atoms with E-state index in [2.05, 4.69) is 10.3 Å². The molecule has 5 N–H and O–H groups in total. The maximum atomic E-state index is 11.0. The van der Waals surface area contributed by atoms with Crippen molar-refractivity contribution in [3.05, 3.63) is 41.6 Å². The maximum absolute atomic E-state index is 11.0. The van der Waals surface area contributed by atoms with E-state index in [1.54, 1.807) is 18.3 Å². The molecule has 1 amide bonds. The number of oxazole rings is 1. The van der Waals surface area contributed by atoms with Crippen molar-refractivity contribution in [1.82, 2.24) is 4.98 Å². The number of nitrogens with one attached hydrogen (secondary N) is 1. The van der Waals surface area contributed by atoms with Gasteiger partial charge in [0.1, 0.15) is 5.76 Å². The van der Waals surface area contributed by atoms with Gasteiger partial charge in [-0.3, -0.25) is 4.79 Å². The molecule has 94 valence electrons. The lowest BCUT2D eigenvalue weighted by atomic mass is 10.1. The fraction of sp³-hybridized carbons (Fsp3) is 0.167. The molecule has 1 aromatic carbocycles. The molecule has 0 aliphatic carbocycles. The Hall–Kier alpha value is -2.50. The first-order valence-corrected chi connectivity index (χ1v) is 5.41. The number of rotatable bonds is 4. The van der Waals surface area contributed by atoms with Crippen LogP contribution in [0, 0.1) is 6.92 Å². The fourth-order valence-corrected chi connectivity index (χ4v) is 1.53. The highest BCUT2D eigenvalue weighted by molar-refractivity contribution is 5.94. The lowest BCUT2D eigenvalue weighted by molar-refractivity contribution is 0.100. The Morgan fingerprint density at radius 3 is 2.83 bits per heavy atom. The van der Waals surface area contributed by atoms with Crippen molar-refractivity contribution in [2.45, 2.75) is 13.5 Å². The Labute approximate surface area is 104 Å². The number of hydrogen-bond acceptors (Lipinski definition) is 5. The van der Waals surface area contributed by atoms with Gasteiger partial charge in [-0.2, -0.15) is 0 Å². The standard InChI is InChI=1S/C12H14N4O2/c1-7-5-16-11(18-7)6-15-10-3-2-8(12(14)17)4-9(10)13/h2-5,15H,6,13H2,1H3,(H2,14,17). The normalized spacial score (nSPS) is 10.3. The zero-order valence-corrected chi connectivity index (χ0v) is 9.93. The highest BCUT2D eigenvalue weighted by Crippen LogP contribution is 2.20. The quantitative estimate of drug-likeness (QED) is 0.704. The molecule has 2 rings (SSSR count). The van der Waals surface area contributed by atoms with Gasteiger partial charge >= 0.3 is 0 Å². The molecule has 0 aliphatic heterocycles. The number of nitrogen functional groups attached to an aromatic ring is 1. The predicted octanol–water partition coefficient (Wildman–Crippen LogP) is 1.28. The van der Waals surface area contributed by atoms with Crippen LogP contribution in [0.4, 0.5) is 11.4 Å². The third kappa shape index (κ3) is 2.60. The number of primary amides is 1. The summed E-state index contributed by atoms with van der Waals surface area (Å²) in [6.07, 6.45) is 1.65. The Morgan fingerprint density at radius 2 is 2.28 bits per heavy atom. The largest absolute Gasteiger partial charge is 0.444 e. The van der Waals surface area contributed by atoms with Crippen molar-refractivity contribution in [2.75, 3.05) is 11.1 Å². The Bertz CT molecular complexity index is 577. The highest BCUT2D eigenvalue weighted by atomic mass is 16.4. The van der Waals surface area contributed by atoms with E-state index in [1.165, 1.54) is 6.07 Å². The van der Waals surface area contributed by atoms with Crippen LogP contribution in [0.5, 0.6) is 0 Å². The van der Waals surface area contributed by atoms with Crippen molar-refractivity contribution < 1.29 is 9.21 Å². The zero-order chi connectivity index (χ0) is 13.1. The molecule has 6 heteroatoms. The van der Waals surface area contributed by atoms with Crippen LogP contribution in [0.3, 0.4) is 0 Å². The molecule has 18 heavy (non-hydrogen) atoms. The molecule has 0 spiro atoms. The predicted molar refractivity (Wildman–Crippen MR) is 67.9 cm³/mol. The molecule has 0 saturated carbocycles. The van der Waals surface area contributed by atoms with Gasteiger partial charge in [-0.1, -0.05) is 0 Å². The van der Waals surface area contributed by atoms with Crippen LogP contribution < -0.4 is 16.8 Å². The molecule has 2 aromatic rings. The minimum absolute atomic E-state index is 0.380. The number of nitrogens with zero attached hydrogens (tertiary/aromatic N) is 1. The topological polar surface area (TPSA) is 107 Å². The Morgan fingerprint density at radius 1 is 1.50 bits per heavy atom. The smallest absolute Gasteiger partial charge is 0.248 e. The summed E-state index contributed by atoms with van der Waals surface area (Å²) >= 11 is 0. The van der Waals surface area contributed by atoms with Crippen molar-refractivity contribution in [1.29, 1.82) is 0 Å². The first-order chi connectivity index (χ1) is 8.56. The second kappa shape index (κ2) is 4.79. The van der Waals surface area contributed by atoms with E-state index < -0.39 is 5.91 Å². The minimum Gasteiger partial charge on any atom is -0.444 e. The number of anilines is 2. The average molecular weight is 246 g/mol. The van der Waals surface area contributed by atoms with Crippen molar-refractivity contribution in [2.24, 2.45) is 5.73 Å². The van der Waals surface area contributed by atoms with Crippen LogP contribution in [0.25, 0.3) is 0 Å². The third-order valence-electron chi connectivity index (χ3n) is 2.44. The highest BCUT2D eigenvalue weighted by Gasteiger charge is 2.06. The summed E-state index contributed by atoms with van der Waals surface area (Å²) in [6, 6.07) is 4.85. The van der Waals surface area contributed by atoms with Crippen LogP contribution in [0.15, 0.2) is 28.8 Å². The number of carbonyl (C=O) groups excluding carboxylic acids is 1. The van der Waals surface area contributed by atoms with Gasteiger partial charge in [0, 0.05) is 5.56 Å². The van der Waals surface area contributed by atoms with E-state index in [4.69, 9.17) is 15.9 Å². The van der Waals surface area contributed by atoms with E-state index in [0.717, 1.165) is 5.76 Å². The van der Waals surface area contributed by atoms with Gasteiger partial charge in [0.25, 0.3) is 0 Å². The molecule has 0 unspecified atom stereocenters. The summed E-state index contributed by atoms with van der Waals surface area (Å²) in [6.45, 7) is 2.25. The van der Waals surface area contributed by atoms with Gasteiger partial charge in [0.2, 0.25) is 11.8 Å². The number of amides is 1. The first kappa shape index (κ1) is 12.0. The number of benzene rings is 1. The van der Waals surface area contributed by atoms with Crippen molar-refractivity contribution >= 4 is 17.3 Å². The molecular weight excluding hydrogens is 232 g/mol. The monoisotopic (exact) mass is 246 g/mol. The SMILES string of the molecule is Cc1cnc(CNc2ccc(C(N)=O)cc2N)o1. The average Bonchev–Trinajstić information content (AvgIpc) is 2.73. The molecule has 1 heterocycles. The molecule has 0 fully saturated rings. The molecule has 0 saturated heterocycles. The van der Waals surface area contributed by atoms with Gasteiger partial charge in [-0.15, -0.1) is 0 Å². The number of carbonyl (C=O) groups is 1. The van der Waals surface area contributed by atoms with Crippen molar-refractivity contribution in [3.63, 3.8) is 0 Å². The van der Waals surface area contributed by atoms with E-state index in [0.29, 0.717) is 29.4 Å². The minimum atomic E-state index is -0.503. The summed E-state index contributed by atoms with van der Waals surface area (Å²) in [5.41, 5.74) is 12.5. The fourth-order valence-electron chi connectivity index (χ4n) is 1.53. The lowest BCUT2D eigenvalue weighted by Gasteiger charge is -2.08. The van der Waals surface area contributed by atoms with E-state index in [1.807, 2.05) is 6.92 Å². The van der Waals surface area contributed by atoms with Crippen LogP contribution in [-0.4, -0.2) is 10.9 Å². The van der Waals surface area contributed by atoms with E-state index >= 15 is 0 Å². The first-order valence-electron chi connectivity index (χ1n) is 5.41. The third-order valence-corrected chi connectivity index (χ3v) is 2.44. The molecule has 0 radical (unpaired) electrons. The van der Waals surface area contributed by atoms with Gasteiger partial charge < -0.3 is 21.2 Å². The van der Waals surface area contributed by atoms with Gasteiger partial charge in [-0.05, 0) is 25.1 Å². The number of aryl methyl sites for hydroxylation is 1. The molecular formula is C12H14N4O2. The van der Waals surface area contributed by atoms with Gasteiger partial charge in [0.15, 0.2) is 0 Å². The molecule has 6 nitrogen and oxygen atoms in total. The van der Waals surface area contributed by atoms with Crippen LogP contribution >= 0.6 is 0 Å². The number of aromatic nitrogens is 1. The summed E-state index contributed by atoms with van der Waals surface area (Å²) in [5, 5.41) is 3.08. The van der Waals surface area contributed by atoms with Gasteiger partial charge in [0.05, 0.1) is 24.1 Å². The molecule has 0 bridgehead atoms. The van der Waals surface area contributed by atoms with Crippen LogP contribution in [-0.2, 0) is 6.54 Å². The molecule has 0 atom stereocenters. The Balaban J connectivity index is 2.08. The summed E-state index contributed by atoms with van der Waals surface area (Å²) in [5.74, 6) is 0.825. The van der Waals surface area contributed by atoms with E-state index in [-0.39, 0.29) is 0 Å².